The molecular formula is C19H25N3O2. The molecule has 2 aromatic rings. The zero-order valence-electron chi connectivity index (χ0n) is 14.1. The maximum Gasteiger partial charge on any atom is 0.225 e. The van der Waals surface area contributed by atoms with Gasteiger partial charge in [0.15, 0.2) is 0 Å². The predicted molar refractivity (Wildman–Crippen MR) is 92.5 cm³/mol. The summed E-state index contributed by atoms with van der Waals surface area (Å²) in [5.74, 6) is 0.516. The minimum atomic E-state index is -0.723. The Morgan fingerprint density at radius 3 is 2.62 bits per heavy atom. The van der Waals surface area contributed by atoms with E-state index in [-0.39, 0.29) is 12.3 Å². The monoisotopic (exact) mass is 327 g/mol. The molecular weight excluding hydrogens is 302 g/mol. The summed E-state index contributed by atoms with van der Waals surface area (Å²) in [5.41, 5.74) is 2.07. The standard InChI is InChI=1S/C19H25N3O2/c1-2-22-14-17(13-20-22)15-8-10-21(11-9-15)19(24)12-18(23)16-6-4-3-5-7-16/h3-7,13-15,18,23H,2,8-12H2,1H3. The molecule has 1 fully saturated rings. The van der Waals surface area contributed by atoms with Gasteiger partial charge in [-0.15, -0.1) is 0 Å². The summed E-state index contributed by atoms with van der Waals surface area (Å²) in [4.78, 5) is 14.3. The molecule has 1 aromatic carbocycles. The number of carbonyl (C=O) groups is 1. The van der Waals surface area contributed by atoms with E-state index in [1.54, 1.807) is 0 Å². The number of amides is 1. The SMILES string of the molecule is CCn1cc(C2CCN(C(=O)CC(O)c3ccccc3)CC2)cn1. The van der Waals surface area contributed by atoms with Crippen LogP contribution in [0.15, 0.2) is 42.7 Å². The third-order valence-corrected chi connectivity index (χ3v) is 4.85. The molecule has 0 aliphatic carbocycles. The molecule has 2 heterocycles. The van der Waals surface area contributed by atoms with E-state index in [1.807, 2.05) is 46.1 Å². The van der Waals surface area contributed by atoms with E-state index >= 15 is 0 Å². The molecule has 1 aliphatic rings. The number of aliphatic hydroxyl groups excluding tert-OH is 1. The molecule has 0 spiro atoms. The van der Waals surface area contributed by atoms with E-state index in [1.165, 1.54) is 5.56 Å². The Hall–Kier alpha value is -2.14. The van der Waals surface area contributed by atoms with Crippen molar-refractivity contribution in [3.05, 3.63) is 53.9 Å². The van der Waals surface area contributed by atoms with Crippen molar-refractivity contribution in [2.45, 2.75) is 44.8 Å². The minimum Gasteiger partial charge on any atom is -0.388 e. The topological polar surface area (TPSA) is 58.4 Å². The van der Waals surface area contributed by atoms with Crippen molar-refractivity contribution in [3.8, 4) is 0 Å². The molecule has 5 nitrogen and oxygen atoms in total. The molecule has 3 rings (SSSR count). The number of aliphatic hydroxyl groups is 1. The van der Waals surface area contributed by atoms with E-state index in [4.69, 9.17) is 0 Å². The van der Waals surface area contributed by atoms with E-state index in [0.717, 1.165) is 38.0 Å². The Balaban J connectivity index is 1.51. The van der Waals surface area contributed by atoms with E-state index < -0.39 is 6.10 Å². The number of benzene rings is 1. The van der Waals surface area contributed by atoms with Crippen LogP contribution in [0, 0.1) is 0 Å². The Kier molecular flexibility index (Phi) is 5.30. The second-order valence-electron chi connectivity index (χ2n) is 6.42. The van der Waals surface area contributed by atoms with E-state index in [9.17, 15) is 9.90 Å². The molecule has 1 N–H and O–H groups in total. The van der Waals surface area contributed by atoms with Crippen LogP contribution in [-0.2, 0) is 11.3 Å². The van der Waals surface area contributed by atoms with Crippen LogP contribution < -0.4 is 0 Å². The fraction of sp³-hybridized carbons (Fsp3) is 0.474. The van der Waals surface area contributed by atoms with Crippen molar-refractivity contribution in [2.24, 2.45) is 0 Å². The van der Waals surface area contributed by atoms with Crippen LogP contribution >= 0.6 is 0 Å². The van der Waals surface area contributed by atoms with Crippen LogP contribution in [0.2, 0.25) is 0 Å². The van der Waals surface area contributed by atoms with Crippen molar-refractivity contribution < 1.29 is 9.90 Å². The number of hydrogen-bond donors (Lipinski definition) is 1. The normalized spacial score (nSPS) is 17.0. The highest BCUT2D eigenvalue weighted by Gasteiger charge is 2.26. The molecule has 1 aliphatic heterocycles. The van der Waals surface area contributed by atoms with Gasteiger partial charge in [0, 0.05) is 25.8 Å². The number of piperidine rings is 1. The zero-order valence-corrected chi connectivity index (χ0v) is 14.1. The molecule has 0 bridgehead atoms. The lowest BCUT2D eigenvalue weighted by Crippen LogP contribution is -2.38. The van der Waals surface area contributed by atoms with Gasteiger partial charge in [0.05, 0.1) is 18.7 Å². The molecule has 128 valence electrons. The molecule has 1 unspecified atom stereocenters. The maximum atomic E-state index is 12.4. The van der Waals surface area contributed by atoms with Crippen LogP contribution in [0.3, 0.4) is 0 Å². The average Bonchev–Trinajstić information content (AvgIpc) is 3.11. The van der Waals surface area contributed by atoms with Crippen molar-refractivity contribution in [1.82, 2.24) is 14.7 Å². The third-order valence-electron chi connectivity index (χ3n) is 4.85. The molecule has 1 atom stereocenters. The van der Waals surface area contributed by atoms with Crippen LogP contribution in [-0.4, -0.2) is 38.8 Å². The highest BCUT2D eigenvalue weighted by Crippen LogP contribution is 2.28. The lowest BCUT2D eigenvalue weighted by Gasteiger charge is -2.32. The van der Waals surface area contributed by atoms with Gasteiger partial charge in [0.2, 0.25) is 5.91 Å². The quantitative estimate of drug-likeness (QED) is 0.918. The van der Waals surface area contributed by atoms with Gasteiger partial charge < -0.3 is 10.0 Å². The van der Waals surface area contributed by atoms with Crippen LogP contribution in [0.25, 0.3) is 0 Å². The number of aryl methyl sites for hydroxylation is 1. The van der Waals surface area contributed by atoms with Crippen LogP contribution in [0.1, 0.15) is 49.3 Å². The molecule has 0 saturated carbocycles. The van der Waals surface area contributed by atoms with Gasteiger partial charge in [0.25, 0.3) is 0 Å². The van der Waals surface area contributed by atoms with E-state index in [0.29, 0.717) is 5.92 Å². The van der Waals surface area contributed by atoms with Crippen molar-refractivity contribution in [2.75, 3.05) is 13.1 Å². The van der Waals surface area contributed by atoms with Gasteiger partial charge in [-0.3, -0.25) is 9.48 Å². The maximum absolute atomic E-state index is 12.4. The van der Waals surface area contributed by atoms with Gasteiger partial charge in [-0.2, -0.15) is 5.10 Å². The first-order valence-electron chi connectivity index (χ1n) is 8.70. The summed E-state index contributed by atoms with van der Waals surface area (Å²) in [7, 11) is 0. The minimum absolute atomic E-state index is 0.0362. The van der Waals surface area contributed by atoms with Gasteiger partial charge in [-0.1, -0.05) is 30.3 Å². The lowest BCUT2D eigenvalue weighted by molar-refractivity contribution is -0.134. The van der Waals surface area contributed by atoms with Crippen LogP contribution in [0.5, 0.6) is 0 Å². The second-order valence-corrected chi connectivity index (χ2v) is 6.42. The summed E-state index contributed by atoms with van der Waals surface area (Å²) in [6.07, 6.45) is 5.42. The molecule has 24 heavy (non-hydrogen) atoms. The third kappa shape index (κ3) is 3.85. The number of aromatic nitrogens is 2. The van der Waals surface area contributed by atoms with Crippen molar-refractivity contribution in [3.63, 3.8) is 0 Å². The van der Waals surface area contributed by atoms with E-state index in [2.05, 4.69) is 18.2 Å². The fourth-order valence-electron chi connectivity index (χ4n) is 3.31. The Morgan fingerprint density at radius 1 is 1.29 bits per heavy atom. The van der Waals surface area contributed by atoms with Gasteiger partial charge in [0.1, 0.15) is 0 Å². The first-order chi connectivity index (χ1) is 11.7. The largest absolute Gasteiger partial charge is 0.388 e. The van der Waals surface area contributed by atoms with Crippen molar-refractivity contribution in [1.29, 1.82) is 0 Å². The van der Waals surface area contributed by atoms with Crippen molar-refractivity contribution >= 4 is 5.91 Å². The van der Waals surface area contributed by atoms with Gasteiger partial charge in [-0.25, -0.2) is 0 Å². The summed E-state index contributed by atoms with van der Waals surface area (Å²) in [6, 6.07) is 9.38. The molecule has 1 aromatic heterocycles. The first kappa shape index (κ1) is 16.7. The molecule has 0 radical (unpaired) electrons. The Morgan fingerprint density at radius 2 is 2.00 bits per heavy atom. The number of hydrogen-bond acceptors (Lipinski definition) is 3. The summed E-state index contributed by atoms with van der Waals surface area (Å²) < 4.78 is 1.95. The zero-order chi connectivity index (χ0) is 16.9. The number of nitrogens with zero attached hydrogens (tertiary/aromatic N) is 3. The summed E-state index contributed by atoms with van der Waals surface area (Å²) in [6.45, 7) is 4.47. The van der Waals surface area contributed by atoms with Crippen LogP contribution in [0.4, 0.5) is 0 Å². The fourth-order valence-corrected chi connectivity index (χ4v) is 3.31. The number of carbonyl (C=O) groups excluding carboxylic acids is 1. The Bertz CT molecular complexity index is 660. The average molecular weight is 327 g/mol. The Labute approximate surface area is 142 Å². The second kappa shape index (κ2) is 7.62. The highest BCUT2D eigenvalue weighted by atomic mass is 16.3. The van der Waals surface area contributed by atoms with Gasteiger partial charge in [-0.05, 0) is 36.8 Å². The van der Waals surface area contributed by atoms with Gasteiger partial charge >= 0.3 is 0 Å². The highest BCUT2D eigenvalue weighted by molar-refractivity contribution is 5.77. The molecule has 1 amide bonds. The smallest absolute Gasteiger partial charge is 0.225 e. The molecule has 5 heteroatoms. The summed E-state index contributed by atoms with van der Waals surface area (Å²) in [5, 5.41) is 14.6. The lowest BCUT2D eigenvalue weighted by atomic mass is 9.91. The number of likely N-dealkylation sites (tertiary alicyclic amines) is 1. The first-order valence-corrected chi connectivity index (χ1v) is 8.70. The molecule has 1 saturated heterocycles. The predicted octanol–water partition coefficient (Wildman–Crippen LogP) is 2.73. The summed E-state index contributed by atoms with van der Waals surface area (Å²) >= 11 is 0. The number of rotatable bonds is 5.